The van der Waals surface area contributed by atoms with Crippen LogP contribution in [0.4, 0.5) is 4.39 Å². The van der Waals surface area contributed by atoms with Gasteiger partial charge in [-0.3, -0.25) is 18.9 Å². The highest BCUT2D eigenvalue weighted by Crippen LogP contribution is 2.66. The van der Waals surface area contributed by atoms with Gasteiger partial charge in [-0.25, -0.2) is 22.9 Å². The molecule has 1 aromatic heterocycles. The number of hydrogen-bond acceptors (Lipinski definition) is 10. The lowest BCUT2D eigenvalue weighted by Crippen LogP contribution is -2.44. The van der Waals surface area contributed by atoms with Crippen LogP contribution in [0.15, 0.2) is 21.9 Å². The van der Waals surface area contributed by atoms with E-state index >= 15 is 0 Å². The molecule has 0 radical (unpaired) electrons. The number of phosphoric ester groups is 1. The Bertz CT molecular complexity index is 1080. The third-order valence-electron chi connectivity index (χ3n) is 3.96. The first-order chi connectivity index (χ1) is 13.6. The van der Waals surface area contributed by atoms with Crippen molar-refractivity contribution in [1.82, 2.24) is 9.55 Å². The molecule has 2 saturated heterocycles. The molecular weight excluding hydrogens is 484 g/mol. The molecule has 20 heteroatoms. The largest absolute Gasteiger partial charge is 0.490 e. The van der Waals surface area contributed by atoms with Crippen LogP contribution in [0.3, 0.4) is 0 Å². The molecule has 30 heavy (non-hydrogen) atoms. The highest BCUT2D eigenvalue weighted by Gasteiger charge is 2.64. The van der Waals surface area contributed by atoms with Crippen LogP contribution >= 0.6 is 23.5 Å². The standard InChI is InChI=1S/C10H14FN2O14P3/c11-7-6-8(13-2-1-5(14)12-9(13)15)25-10(7,3-23-6)4-24-29(19,20)27-30(21,22)26-28(16,17)18/h1-2,6-8H,3-4H2,(H,19,20)(H,21,22)(H,12,14,15)(H2,16,17,18)/t6-,7+,8-,10-/m1/s1. The maximum absolute atomic E-state index is 14.7. The number of halogens is 1. The van der Waals surface area contributed by atoms with E-state index in [0.717, 1.165) is 16.8 Å². The number of H-pyrrole nitrogens is 1. The van der Waals surface area contributed by atoms with Crippen LogP contribution in [-0.4, -0.2) is 60.2 Å². The number of nitrogens with zero attached hydrogens (tertiary/aromatic N) is 1. The number of rotatable bonds is 8. The molecule has 2 unspecified atom stereocenters. The summed E-state index contributed by atoms with van der Waals surface area (Å²) in [5.41, 5.74) is -3.71. The maximum atomic E-state index is 14.7. The molecule has 0 aromatic carbocycles. The molecule has 0 spiro atoms. The third kappa shape index (κ3) is 5.05. The first-order valence-corrected chi connectivity index (χ1v) is 12.2. The molecule has 2 aliphatic rings. The zero-order valence-corrected chi connectivity index (χ0v) is 17.0. The Balaban J connectivity index is 1.73. The Morgan fingerprint density at radius 1 is 1.20 bits per heavy atom. The first-order valence-electron chi connectivity index (χ1n) is 7.66. The summed E-state index contributed by atoms with van der Waals surface area (Å²) in [7, 11) is -16.8. The summed E-state index contributed by atoms with van der Waals surface area (Å²) in [5, 5.41) is 0. The van der Waals surface area contributed by atoms with Gasteiger partial charge in [-0.05, 0) is 0 Å². The predicted molar refractivity (Wildman–Crippen MR) is 88.6 cm³/mol. The van der Waals surface area contributed by atoms with Crippen molar-refractivity contribution in [3.05, 3.63) is 33.1 Å². The van der Waals surface area contributed by atoms with E-state index in [4.69, 9.17) is 24.2 Å². The van der Waals surface area contributed by atoms with Crippen LogP contribution in [-0.2, 0) is 36.3 Å². The fraction of sp³-hybridized carbons (Fsp3) is 0.600. The van der Waals surface area contributed by atoms with Crippen molar-refractivity contribution in [1.29, 1.82) is 0 Å². The number of phosphoric acid groups is 3. The lowest BCUT2D eigenvalue weighted by atomic mass is 10.0. The van der Waals surface area contributed by atoms with Gasteiger partial charge in [0.05, 0.1) is 13.2 Å². The summed E-state index contributed by atoms with van der Waals surface area (Å²) in [5.74, 6) is 0. The molecule has 2 bridgehead atoms. The Morgan fingerprint density at radius 3 is 2.47 bits per heavy atom. The summed E-state index contributed by atoms with van der Waals surface area (Å²) < 4.78 is 71.4. The molecule has 2 fully saturated rings. The van der Waals surface area contributed by atoms with E-state index in [1.54, 1.807) is 0 Å². The molecule has 3 heterocycles. The van der Waals surface area contributed by atoms with Gasteiger partial charge < -0.3 is 29.0 Å². The third-order valence-corrected chi connectivity index (χ3v) is 7.74. The number of aromatic amines is 1. The van der Waals surface area contributed by atoms with Crippen molar-refractivity contribution >= 4 is 23.5 Å². The summed E-state index contributed by atoms with van der Waals surface area (Å²) in [6.45, 7) is -1.60. The average molecular weight is 498 g/mol. The highest BCUT2D eigenvalue weighted by molar-refractivity contribution is 7.66. The molecule has 16 nitrogen and oxygen atoms in total. The number of alkyl halides is 1. The predicted octanol–water partition coefficient (Wildman–Crippen LogP) is -1.12. The maximum Gasteiger partial charge on any atom is 0.490 e. The van der Waals surface area contributed by atoms with Gasteiger partial charge >= 0.3 is 29.2 Å². The smallest absolute Gasteiger partial charge is 0.367 e. The molecular formula is C10H14FN2O14P3. The summed E-state index contributed by atoms with van der Waals surface area (Å²) in [4.78, 5) is 60.5. The molecule has 0 saturated carbocycles. The molecule has 1 aromatic rings. The van der Waals surface area contributed by atoms with Crippen LogP contribution in [0, 0.1) is 0 Å². The number of nitrogens with one attached hydrogen (secondary N) is 1. The van der Waals surface area contributed by atoms with E-state index in [0.29, 0.717) is 0 Å². The molecule has 0 aliphatic carbocycles. The van der Waals surface area contributed by atoms with E-state index < -0.39 is 72.0 Å². The monoisotopic (exact) mass is 498 g/mol. The highest BCUT2D eigenvalue weighted by atomic mass is 31.3. The quantitative estimate of drug-likeness (QED) is 0.267. The molecule has 0 amide bonds. The number of fused-ring (bicyclic) bond motifs is 2. The van der Waals surface area contributed by atoms with Crippen LogP contribution in [0.25, 0.3) is 0 Å². The molecule has 170 valence electrons. The van der Waals surface area contributed by atoms with Crippen molar-refractivity contribution in [3.8, 4) is 0 Å². The lowest BCUT2D eigenvalue weighted by Gasteiger charge is -2.30. The van der Waals surface area contributed by atoms with Gasteiger partial charge in [-0.1, -0.05) is 0 Å². The van der Waals surface area contributed by atoms with Crippen molar-refractivity contribution in [3.63, 3.8) is 0 Å². The number of ether oxygens (including phenoxy) is 2. The summed E-state index contributed by atoms with van der Waals surface area (Å²) in [6, 6.07) is 0.961. The Labute approximate surface area is 164 Å². The van der Waals surface area contributed by atoms with Gasteiger partial charge in [-0.2, -0.15) is 8.62 Å². The SMILES string of the molecule is O=c1ccn([C@@H]2O[C@@]3(COP(=O)(O)OP(=O)(O)OP(=O)(O)O)CO[C@@H]2[C@@H]3F)c(=O)[nH]1. The van der Waals surface area contributed by atoms with Crippen molar-refractivity contribution in [2.24, 2.45) is 0 Å². The van der Waals surface area contributed by atoms with Crippen molar-refractivity contribution < 1.29 is 60.3 Å². The van der Waals surface area contributed by atoms with Crippen molar-refractivity contribution in [2.45, 2.75) is 24.1 Å². The van der Waals surface area contributed by atoms with Gasteiger partial charge in [0, 0.05) is 12.3 Å². The second-order valence-electron chi connectivity index (χ2n) is 6.13. The second-order valence-corrected chi connectivity index (χ2v) is 10.6. The average Bonchev–Trinajstić information content (AvgIpc) is 3.00. The molecule has 5 N–H and O–H groups in total. The van der Waals surface area contributed by atoms with Crippen molar-refractivity contribution in [2.75, 3.05) is 13.2 Å². The summed E-state index contributed by atoms with van der Waals surface area (Å²) in [6.07, 6.45) is -3.74. The second kappa shape index (κ2) is 7.81. The zero-order chi connectivity index (χ0) is 22.5. The van der Waals surface area contributed by atoms with Gasteiger partial charge in [0.1, 0.15) is 6.10 Å². The van der Waals surface area contributed by atoms with Gasteiger partial charge in [0.25, 0.3) is 5.56 Å². The van der Waals surface area contributed by atoms with Crippen LogP contribution in [0.1, 0.15) is 6.23 Å². The van der Waals surface area contributed by atoms with E-state index in [2.05, 4.69) is 13.1 Å². The minimum Gasteiger partial charge on any atom is -0.367 e. The van der Waals surface area contributed by atoms with E-state index in [9.17, 15) is 32.6 Å². The number of aromatic nitrogens is 2. The zero-order valence-electron chi connectivity index (χ0n) is 14.3. The van der Waals surface area contributed by atoms with E-state index in [-0.39, 0.29) is 0 Å². The van der Waals surface area contributed by atoms with E-state index in [1.807, 2.05) is 4.98 Å². The van der Waals surface area contributed by atoms with Gasteiger partial charge in [0.2, 0.25) is 0 Å². The van der Waals surface area contributed by atoms with Crippen LogP contribution < -0.4 is 11.2 Å². The molecule has 2 aliphatic heterocycles. The molecule has 6 atom stereocenters. The molecule has 3 rings (SSSR count). The fourth-order valence-electron chi connectivity index (χ4n) is 2.83. The fourth-order valence-corrected chi connectivity index (χ4v) is 5.90. The Hall–Kier alpha value is -1.06. The topological polar surface area (TPSA) is 233 Å². The number of hydrogen-bond donors (Lipinski definition) is 5. The minimum absolute atomic E-state index is 0.511. The minimum atomic E-state index is -5.75. The van der Waals surface area contributed by atoms with E-state index in [1.165, 1.54) is 0 Å². The van der Waals surface area contributed by atoms with Gasteiger partial charge in [0.15, 0.2) is 18.0 Å². The van der Waals surface area contributed by atoms with Gasteiger partial charge in [-0.15, -0.1) is 0 Å². The first kappa shape index (κ1) is 23.6. The Morgan fingerprint density at radius 2 is 1.87 bits per heavy atom. The van der Waals surface area contributed by atoms with Crippen LogP contribution in [0.2, 0.25) is 0 Å². The normalized spacial score (nSPS) is 32.6. The Kier molecular flexibility index (Phi) is 6.15. The lowest BCUT2D eigenvalue weighted by molar-refractivity contribution is -0.184. The summed E-state index contributed by atoms with van der Waals surface area (Å²) >= 11 is 0. The van der Waals surface area contributed by atoms with Crippen LogP contribution in [0.5, 0.6) is 0 Å².